The number of thiazole rings is 1. The average Bonchev–Trinajstić information content (AvgIpc) is 3.32. The molecule has 170 valence electrons. The van der Waals surface area contributed by atoms with Crippen LogP contribution in [-0.4, -0.2) is 10.1 Å². The number of hydrogen-bond acceptors (Lipinski definition) is 3. The second-order valence-electron chi connectivity index (χ2n) is 9.21. The number of hydrogen-bond donors (Lipinski definition) is 1. The third-order valence-electron chi connectivity index (χ3n) is 6.62. The smallest absolute Gasteiger partial charge is 0.128 e. The van der Waals surface area contributed by atoms with E-state index in [-0.39, 0.29) is 5.75 Å². The van der Waals surface area contributed by atoms with Crippen LogP contribution in [0.25, 0.3) is 53.8 Å². The van der Waals surface area contributed by atoms with Gasteiger partial charge in [0, 0.05) is 5.56 Å². The number of phenols is 1. The summed E-state index contributed by atoms with van der Waals surface area (Å²) in [6, 6.07) is 35.7. The Morgan fingerprint density at radius 1 is 0.686 bits per heavy atom. The van der Waals surface area contributed by atoms with Gasteiger partial charge in [0.1, 0.15) is 10.8 Å². The number of para-hydroxylation sites is 1. The summed E-state index contributed by atoms with van der Waals surface area (Å²) in [7, 11) is 0. The fraction of sp³-hybridized carbons (Fsp3) is 0.0938. The molecule has 6 rings (SSSR count). The van der Waals surface area contributed by atoms with Crippen molar-refractivity contribution in [3.63, 3.8) is 0 Å². The van der Waals surface area contributed by atoms with E-state index in [0.717, 1.165) is 26.4 Å². The van der Waals surface area contributed by atoms with E-state index in [1.54, 1.807) is 17.4 Å². The van der Waals surface area contributed by atoms with Crippen LogP contribution in [0.5, 0.6) is 5.75 Å². The number of fused-ring (bicyclic) bond motifs is 2. The molecule has 0 amide bonds. The molecule has 3 heteroatoms. The first kappa shape index (κ1) is 21.6. The van der Waals surface area contributed by atoms with Crippen LogP contribution < -0.4 is 0 Å². The van der Waals surface area contributed by atoms with E-state index in [1.165, 1.54) is 33.0 Å². The van der Waals surface area contributed by atoms with Gasteiger partial charge >= 0.3 is 0 Å². The van der Waals surface area contributed by atoms with Gasteiger partial charge in [-0.3, -0.25) is 0 Å². The monoisotopic (exact) mass is 471 g/mol. The molecule has 0 radical (unpaired) electrons. The van der Waals surface area contributed by atoms with Crippen molar-refractivity contribution in [2.45, 2.75) is 19.8 Å². The highest BCUT2D eigenvalue weighted by Gasteiger charge is 2.17. The van der Waals surface area contributed by atoms with Crippen LogP contribution in [-0.2, 0) is 0 Å². The SMILES string of the molecule is CC(C)c1ccc(-c2cc(-c3cccc4ccccc34)c3nc(-c4ccccc4O)sc3c2)cc1. The molecule has 2 nitrogen and oxygen atoms in total. The Morgan fingerprint density at radius 2 is 1.40 bits per heavy atom. The molecule has 0 bridgehead atoms. The summed E-state index contributed by atoms with van der Waals surface area (Å²) >= 11 is 1.62. The second-order valence-corrected chi connectivity index (χ2v) is 10.2. The van der Waals surface area contributed by atoms with Gasteiger partial charge in [-0.1, -0.05) is 92.7 Å². The molecule has 0 atom stereocenters. The number of aromatic nitrogens is 1. The molecule has 0 unspecified atom stereocenters. The minimum atomic E-state index is 0.253. The molecule has 0 aliphatic carbocycles. The molecule has 1 heterocycles. The zero-order valence-electron chi connectivity index (χ0n) is 19.7. The van der Waals surface area contributed by atoms with E-state index in [9.17, 15) is 5.11 Å². The third kappa shape index (κ3) is 3.88. The van der Waals surface area contributed by atoms with Gasteiger partial charge in [0.15, 0.2) is 0 Å². The molecular weight excluding hydrogens is 446 g/mol. The van der Waals surface area contributed by atoms with Crippen LogP contribution in [0.15, 0.2) is 103 Å². The van der Waals surface area contributed by atoms with Crippen LogP contribution in [0, 0.1) is 0 Å². The number of benzene rings is 5. The van der Waals surface area contributed by atoms with Crippen molar-refractivity contribution in [3.8, 4) is 38.6 Å². The Labute approximate surface area is 209 Å². The minimum Gasteiger partial charge on any atom is -0.507 e. The third-order valence-corrected chi connectivity index (χ3v) is 7.66. The highest BCUT2D eigenvalue weighted by molar-refractivity contribution is 7.21. The topological polar surface area (TPSA) is 33.1 Å². The first-order chi connectivity index (χ1) is 17.1. The van der Waals surface area contributed by atoms with Crippen LogP contribution in [0.2, 0.25) is 0 Å². The Bertz CT molecular complexity index is 1670. The highest BCUT2D eigenvalue weighted by Crippen LogP contribution is 2.42. The molecule has 6 aromatic rings. The van der Waals surface area contributed by atoms with E-state index in [0.29, 0.717) is 5.92 Å². The van der Waals surface area contributed by atoms with Crippen LogP contribution in [0.3, 0.4) is 0 Å². The zero-order valence-corrected chi connectivity index (χ0v) is 20.5. The lowest BCUT2D eigenvalue weighted by Gasteiger charge is -2.12. The first-order valence-electron chi connectivity index (χ1n) is 11.9. The maximum atomic E-state index is 10.5. The molecule has 1 aromatic heterocycles. The van der Waals surface area contributed by atoms with Gasteiger partial charge in [0.2, 0.25) is 0 Å². The normalized spacial score (nSPS) is 11.5. The number of aromatic hydroxyl groups is 1. The minimum absolute atomic E-state index is 0.253. The van der Waals surface area contributed by atoms with Gasteiger partial charge in [0.25, 0.3) is 0 Å². The molecule has 0 aliphatic rings. The lowest BCUT2D eigenvalue weighted by Crippen LogP contribution is -1.89. The predicted molar refractivity (Wildman–Crippen MR) is 149 cm³/mol. The molecule has 5 aromatic carbocycles. The van der Waals surface area contributed by atoms with Crippen molar-refractivity contribution in [2.75, 3.05) is 0 Å². The zero-order chi connectivity index (χ0) is 23.9. The van der Waals surface area contributed by atoms with Crippen LogP contribution in [0.1, 0.15) is 25.3 Å². The van der Waals surface area contributed by atoms with E-state index in [2.05, 4.69) is 92.7 Å². The summed E-state index contributed by atoms with van der Waals surface area (Å²) in [6.07, 6.45) is 0. The molecule has 0 fully saturated rings. The van der Waals surface area contributed by atoms with Crippen molar-refractivity contribution in [2.24, 2.45) is 0 Å². The van der Waals surface area contributed by atoms with Gasteiger partial charge < -0.3 is 5.11 Å². The van der Waals surface area contributed by atoms with E-state index in [4.69, 9.17) is 4.98 Å². The summed E-state index contributed by atoms with van der Waals surface area (Å²) in [5.74, 6) is 0.753. The van der Waals surface area contributed by atoms with Gasteiger partial charge in [-0.05, 0) is 63.2 Å². The Morgan fingerprint density at radius 3 is 2.20 bits per heavy atom. The van der Waals surface area contributed by atoms with Crippen molar-refractivity contribution < 1.29 is 5.11 Å². The van der Waals surface area contributed by atoms with E-state index < -0.39 is 0 Å². The summed E-state index contributed by atoms with van der Waals surface area (Å²) in [5, 5.41) is 13.7. The molecule has 0 aliphatic heterocycles. The standard InChI is InChI=1S/C32H25NOS/c1-20(2)21-14-16-22(17-15-21)24-18-28(26-12-7-9-23-8-3-4-10-25(23)26)31-30(19-24)35-32(33-31)27-11-5-6-13-29(27)34/h3-20,34H,1-2H3. The largest absolute Gasteiger partial charge is 0.507 e. The van der Waals surface area contributed by atoms with Gasteiger partial charge in [-0.2, -0.15) is 0 Å². The fourth-order valence-electron chi connectivity index (χ4n) is 4.69. The van der Waals surface area contributed by atoms with Crippen LogP contribution in [0.4, 0.5) is 0 Å². The number of rotatable bonds is 4. The molecule has 0 saturated carbocycles. The van der Waals surface area contributed by atoms with Gasteiger partial charge in [-0.25, -0.2) is 4.98 Å². The Balaban J connectivity index is 1.62. The Hall–Kier alpha value is -3.95. The lowest BCUT2D eigenvalue weighted by atomic mass is 9.93. The lowest BCUT2D eigenvalue weighted by molar-refractivity contribution is 0.477. The molecule has 35 heavy (non-hydrogen) atoms. The first-order valence-corrected chi connectivity index (χ1v) is 12.7. The van der Waals surface area contributed by atoms with Gasteiger partial charge in [-0.15, -0.1) is 11.3 Å². The average molecular weight is 472 g/mol. The maximum absolute atomic E-state index is 10.5. The number of nitrogens with zero attached hydrogens (tertiary/aromatic N) is 1. The molecule has 1 N–H and O–H groups in total. The van der Waals surface area contributed by atoms with Crippen molar-refractivity contribution >= 4 is 32.3 Å². The summed E-state index contributed by atoms with van der Waals surface area (Å²) in [5.41, 5.74) is 7.71. The van der Waals surface area contributed by atoms with Gasteiger partial charge in [0.05, 0.1) is 15.8 Å². The molecular formula is C32H25NOS. The molecule has 0 saturated heterocycles. The molecule has 0 spiro atoms. The summed E-state index contributed by atoms with van der Waals surface area (Å²) < 4.78 is 1.11. The maximum Gasteiger partial charge on any atom is 0.128 e. The quantitative estimate of drug-likeness (QED) is 0.278. The Kier molecular flexibility index (Phi) is 5.35. The highest BCUT2D eigenvalue weighted by atomic mass is 32.1. The van der Waals surface area contributed by atoms with E-state index >= 15 is 0 Å². The van der Waals surface area contributed by atoms with Crippen LogP contribution >= 0.6 is 11.3 Å². The second kappa shape index (κ2) is 8.68. The van der Waals surface area contributed by atoms with Crippen molar-refractivity contribution in [1.82, 2.24) is 4.98 Å². The van der Waals surface area contributed by atoms with Crippen molar-refractivity contribution in [1.29, 1.82) is 0 Å². The fourth-order valence-corrected chi connectivity index (χ4v) is 5.76. The summed E-state index contributed by atoms with van der Waals surface area (Å²) in [4.78, 5) is 5.06. The number of phenolic OH excluding ortho intramolecular Hbond substituents is 1. The predicted octanol–water partition coefficient (Wildman–Crippen LogP) is 9.28. The van der Waals surface area contributed by atoms with E-state index in [1.807, 2.05) is 18.2 Å². The summed E-state index contributed by atoms with van der Waals surface area (Å²) in [6.45, 7) is 4.44. The van der Waals surface area contributed by atoms with Crippen molar-refractivity contribution in [3.05, 3.63) is 109 Å².